The Labute approximate surface area is 189 Å². The molecule has 0 aliphatic carbocycles. The number of hydrogen-bond acceptors (Lipinski definition) is 3. The number of furan rings is 1. The fourth-order valence-electron chi connectivity index (χ4n) is 4.95. The smallest absolute Gasteiger partial charge is 0.228 e. The quantitative estimate of drug-likeness (QED) is 0.289. The first kappa shape index (κ1) is 18.2. The lowest BCUT2D eigenvalue weighted by atomic mass is 9.96. The first-order valence-electron chi connectivity index (χ1n) is 11.0. The van der Waals surface area contributed by atoms with Crippen LogP contribution in [0.1, 0.15) is 5.82 Å². The Morgan fingerprint density at radius 2 is 1.45 bits per heavy atom. The molecule has 156 valence electrons. The number of aryl methyl sites for hydroxylation is 1. The van der Waals surface area contributed by atoms with Crippen LogP contribution in [0.25, 0.3) is 60.8 Å². The van der Waals surface area contributed by atoms with Crippen molar-refractivity contribution in [3.8, 4) is 16.8 Å². The van der Waals surface area contributed by atoms with Gasteiger partial charge < -0.3 is 4.42 Å². The van der Waals surface area contributed by atoms with Gasteiger partial charge in [0.25, 0.3) is 0 Å². The lowest BCUT2D eigenvalue weighted by Crippen LogP contribution is -1.97. The van der Waals surface area contributed by atoms with E-state index in [-0.39, 0.29) is 0 Å². The molecule has 3 heterocycles. The van der Waals surface area contributed by atoms with E-state index in [9.17, 15) is 0 Å². The number of imidazole rings is 1. The fraction of sp³-hybridized carbons (Fsp3) is 0.0345. The number of nitrogens with zero attached hydrogens (tertiary/aromatic N) is 3. The number of pyridine rings is 1. The molecule has 0 N–H and O–H groups in total. The summed E-state index contributed by atoms with van der Waals surface area (Å²) in [5, 5.41) is 3.24. The van der Waals surface area contributed by atoms with Crippen molar-refractivity contribution in [3.63, 3.8) is 0 Å². The predicted octanol–water partition coefficient (Wildman–Crippen LogP) is 7.45. The summed E-state index contributed by atoms with van der Waals surface area (Å²) < 4.78 is 8.39. The van der Waals surface area contributed by atoms with E-state index in [2.05, 4.69) is 72.2 Å². The molecule has 0 unspecified atom stereocenters. The molecule has 0 aliphatic heterocycles. The van der Waals surface area contributed by atoms with E-state index in [0.717, 1.165) is 60.9 Å². The SMILES string of the molecule is Cc1nc2ccccc2n1-c1cccc(-c2c3ccccc3nc3oc4ccccc4c23)c1. The summed E-state index contributed by atoms with van der Waals surface area (Å²) in [5.74, 6) is 0.965. The van der Waals surface area contributed by atoms with Gasteiger partial charge in [-0.25, -0.2) is 9.97 Å². The van der Waals surface area contributed by atoms with E-state index in [1.54, 1.807) is 0 Å². The Hall–Kier alpha value is -4.44. The van der Waals surface area contributed by atoms with Crippen molar-refractivity contribution in [2.75, 3.05) is 0 Å². The maximum absolute atomic E-state index is 6.18. The number of fused-ring (bicyclic) bond motifs is 5. The van der Waals surface area contributed by atoms with Gasteiger partial charge in [0.1, 0.15) is 11.4 Å². The third-order valence-electron chi connectivity index (χ3n) is 6.34. The molecule has 7 rings (SSSR count). The van der Waals surface area contributed by atoms with Crippen LogP contribution in [0.3, 0.4) is 0 Å². The highest BCUT2D eigenvalue weighted by atomic mass is 16.3. The molecule has 0 saturated heterocycles. The highest BCUT2D eigenvalue weighted by molar-refractivity contribution is 6.18. The van der Waals surface area contributed by atoms with Gasteiger partial charge in [-0.05, 0) is 48.9 Å². The molecule has 4 aromatic carbocycles. The molecule has 4 heteroatoms. The molecule has 0 radical (unpaired) electrons. The number of aromatic nitrogens is 3. The Kier molecular flexibility index (Phi) is 3.73. The molecule has 4 nitrogen and oxygen atoms in total. The summed E-state index contributed by atoms with van der Waals surface area (Å²) in [5.41, 5.74) is 7.89. The lowest BCUT2D eigenvalue weighted by Gasteiger charge is -2.12. The third-order valence-corrected chi connectivity index (χ3v) is 6.34. The minimum absolute atomic E-state index is 0.666. The minimum atomic E-state index is 0.666. The summed E-state index contributed by atoms with van der Waals surface area (Å²) in [6.45, 7) is 2.05. The largest absolute Gasteiger partial charge is 0.438 e. The summed E-state index contributed by atoms with van der Waals surface area (Å²) in [6, 6.07) is 33.3. The average Bonchev–Trinajstić information content (AvgIpc) is 3.39. The molecule has 0 spiro atoms. The van der Waals surface area contributed by atoms with Crippen LogP contribution < -0.4 is 0 Å². The second kappa shape index (κ2) is 6.78. The monoisotopic (exact) mass is 425 g/mol. The highest BCUT2D eigenvalue weighted by Crippen LogP contribution is 2.40. The second-order valence-corrected chi connectivity index (χ2v) is 8.32. The van der Waals surface area contributed by atoms with Gasteiger partial charge in [0, 0.05) is 22.0 Å². The van der Waals surface area contributed by atoms with E-state index >= 15 is 0 Å². The van der Waals surface area contributed by atoms with E-state index in [1.807, 2.05) is 36.4 Å². The molecule has 33 heavy (non-hydrogen) atoms. The van der Waals surface area contributed by atoms with Gasteiger partial charge in [-0.3, -0.25) is 4.57 Å². The molecular weight excluding hydrogens is 406 g/mol. The number of hydrogen-bond donors (Lipinski definition) is 0. The second-order valence-electron chi connectivity index (χ2n) is 8.32. The summed E-state index contributed by atoms with van der Waals surface area (Å²) >= 11 is 0. The Morgan fingerprint density at radius 1 is 0.697 bits per heavy atom. The molecular formula is C29H19N3O. The molecule has 0 aliphatic rings. The van der Waals surface area contributed by atoms with Crippen LogP contribution in [0.15, 0.2) is 101 Å². The fourth-order valence-corrected chi connectivity index (χ4v) is 4.95. The van der Waals surface area contributed by atoms with Gasteiger partial charge in [0.05, 0.1) is 21.9 Å². The minimum Gasteiger partial charge on any atom is -0.438 e. The molecule has 0 saturated carbocycles. The zero-order chi connectivity index (χ0) is 21.9. The maximum atomic E-state index is 6.18. The Morgan fingerprint density at radius 3 is 2.36 bits per heavy atom. The number of benzene rings is 4. The summed E-state index contributed by atoms with van der Waals surface area (Å²) in [7, 11) is 0. The van der Waals surface area contributed by atoms with Crippen LogP contribution in [0.5, 0.6) is 0 Å². The van der Waals surface area contributed by atoms with E-state index in [0.29, 0.717) is 5.71 Å². The normalized spacial score (nSPS) is 11.8. The van der Waals surface area contributed by atoms with E-state index < -0.39 is 0 Å². The van der Waals surface area contributed by atoms with Crippen LogP contribution in [-0.2, 0) is 0 Å². The molecule has 7 aromatic rings. The standard InChI is InChI=1S/C29H19N3O/c1-18-30-24-14-5-6-15-25(24)32(18)20-10-8-9-19(17-20)27-21-11-2-4-13-23(21)31-29-28(27)22-12-3-7-16-26(22)33-29/h2-17H,1H3. The molecule has 3 aromatic heterocycles. The highest BCUT2D eigenvalue weighted by Gasteiger charge is 2.18. The van der Waals surface area contributed by atoms with Crippen molar-refractivity contribution in [2.45, 2.75) is 6.92 Å². The van der Waals surface area contributed by atoms with Crippen molar-refractivity contribution in [3.05, 3.63) is 103 Å². The van der Waals surface area contributed by atoms with E-state index in [4.69, 9.17) is 14.4 Å². The first-order valence-corrected chi connectivity index (χ1v) is 11.0. The van der Waals surface area contributed by atoms with Crippen LogP contribution in [-0.4, -0.2) is 14.5 Å². The average molecular weight is 425 g/mol. The van der Waals surface area contributed by atoms with Crippen molar-refractivity contribution in [1.29, 1.82) is 0 Å². The van der Waals surface area contributed by atoms with Gasteiger partial charge in [0.2, 0.25) is 5.71 Å². The Balaban J connectivity index is 1.58. The van der Waals surface area contributed by atoms with E-state index in [1.165, 1.54) is 0 Å². The zero-order valence-corrected chi connectivity index (χ0v) is 18.0. The van der Waals surface area contributed by atoms with Gasteiger partial charge in [-0.15, -0.1) is 0 Å². The van der Waals surface area contributed by atoms with Gasteiger partial charge >= 0.3 is 0 Å². The van der Waals surface area contributed by atoms with Crippen molar-refractivity contribution in [1.82, 2.24) is 14.5 Å². The number of rotatable bonds is 2. The Bertz CT molecular complexity index is 1840. The third kappa shape index (κ3) is 2.64. The molecule has 0 bridgehead atoms. The predicted molar refractivity (Wildman–Crippen MR) is 134 cm³/mol. The zero-order valence-electron chi connectivity index (χ0n) is 18.0. The van der Waals surface area contributed by atoms with Gasteiger partial charge in [0.15, 0.2) is 0 Å². The van der Waals surface area contributed by atoms with Crippen molar-refractivity contribution < 1.29 is 4.42 Å². The van der Waals surface area contributed by atoms with Crippen LogP contribution in [0.2, 0.25) is 0 Å². The summed E-state index contributed by atoms with van der Waals surface area (Å²) in [4.78, 5) is 9.61. The number of para-hydroxylation sites is 4. The van der Waals surface area contributed by atoms with Crippen LogP contribution in [0.4, 0.5) is 0 Å². The van der Waals surface area contributed by atoms with Gasteiger partial charge in [-0.1, -0.05) is 60.7 Å². The topological polar surface area (TPSA) is 43.9 Å². The van der Waals surface area contributed by atoms with Crippen molar-refractivity contribution in [2.24, 2.45) is 0 Å². The summed E-state index contributed by atoms with van der Waals surface area (Å²) in [6.07, 6.45) is 0. The molecule has 0 atom stereocenters. The molecule has 0 amide bonds. The van der Waals surface area contributed by atoms with Crippen LogP contribution in [0, 0.1) is 6.92 Å². The lowest BCUT2D eigenvalue weighted by molar-refractivity contribution is 0.656. The molecule has 0 fully saturated rings. The van der Waals surface area contributed by atoms with Crippen LogP contribution >= 0.6 is 0 Å². The van der Waals surface area contributed by atoms with Crippen molar-refractivity contribution >= 4 is 44.0 Å². The van der Waals surface area contributed by atoms with Gasteiger partial charge in [-0.2, -0.15) is 0 Å². The first-order chi connectivity index (χ1) is 16.3. The maximum Gasteiger partial charge on any atom is 0.228 e.